The van der Waals surface area contributed by atoms with Gasteiger partial charge in [-0.1, -0.05) is 80.1 Å². The topological polar surface area (TPSA) is 103 Å². The molecule has 2 saturated heterocycles. The first kappa shape index (κ1) is 34.7. The van der Waals surface area contributed by atoms with Crippen molar-refractivity contribution in [2.75, 3.05) is 44.6 Å². The fourth-order valence-electron chi connectivity index (χ4n) is 6.39. The molecule has 2 amide bonds. The molecule has 2 aliphatic rings. The highest BCUT2D eigenvalue weighted by molar-refractivity contribution is 5.90. The van der Waals surface area contributed by atoms with Crippen molar-refractivity contribution in [3.63, 3.8) is 0 Å². The molecular weight excluding hydrogens is 592 g/mol. The van der Waals surface area contributed by atoms with Crippen LogP contribution < -0.4 is 10.6 Å². The number of amides is 2. The summed E-state index contributed by atoms with van der Waals surface area (Å²) in [4.78, 5) is 28.7. The monoisotopic (exact) mass is 642 g/mol. The number of piperazine rings is 1. The van der Waals surface area contributed by atoms with Crippen LogP contribution >= 0.6 is 0 Å². The minimum atomic E-state index is -0.594. The van der Waals surface area contributed by atoms with Gasteiger partial charge in [0.25, 0.3) is 0 Å². The molecule has 3 aromatic rings. The SMILES string of the molecule is CC(=O)NCCCCCC(=O)Nc1cccc([C@H]2O[C@@H](CN3CCN(Cc4ccccc4)CC3)[C@@H](C)[C@@H](c3ccc(CO)cc3)O2)c1. The summed E-state index contributed by atoms with van der Waals surface area (Å²) in [5, 5.41) is 15.4. The lowest BCUT2D eigenvalue weighted by Gasteiger charge is -2.44. The van der Waals surface area contributed by atoms with E-state index in [0.29, 0.717) is 18.7 Å². The van der Waals surface area contributed by atoms with Gasteiger partial charge in [-0.25, -0.2) is 0 Å². The summed E-state index contributed by atoms with van der Waals surface area (Å²) in [5.74, 6) is 0.0339. The molecule has 47 heavy (non-hydrogen) atoms. The highest BCUT2D eigenvalue weighted by atomic mass is 16.7. The van der Waals surface area contributed by atoms with Gasteiger partial charge in [-0.15, -0.1) is 0 Å². The van der Waals surface area contributed by atoms with Gasteiger partial charge in [-0.2, -0.15) is 0 Å². The summed E-state index contributed by atoms with van der Waals surface area (Å²) in [6.45, 7) is 10.1. The molecule has 5 rings (SSSR count). The van der Waals surface area contributed by atoms with E-state index >= 15 is 0 Å². The molecule has 0 spiro atoms. The number of unbranched alkanes of at least 4 members (excludes halogenated alkanes) is 2. The molecule has 2 heterocycles. The molecule has 2 aliphatic heterocycles. The van der Waals surface area contributed by atoms with E-state index in [4.69, 9.17) is 9.47 Å². The lowest BCUT2D eigenvalue weighted by Crippen LogP contribution is -2.51. The summed E-state index contributed by atoms with van der Waals surface area (Å²) in [6.07, 6.45) is 2.06. The number of ether oxygens (including phenoxy) is 2. The third-order valence-electron chi connectivity index (χ3n) is 9.17. The number of hydrogen-bond donors (Lipinski definition) is 3. The van der Waals surface area contributed by atoms with Crippen LogP contribution in [-0.4, -0.2) is 72.1 Å². The van der Waals surface area contributed by atoms with E-state index in [-0.39, 0.29) is 36.5 Å². The molecule has 252 valence electrons. The third-order valence-corrected chi connectivity index (χ3v) is 9.17. The molecule has 0 saturated carbocycles. The highest BCUT2D eigenvalue weighted by Gasteiger charge is 2.39. The second-order valence-electron chi connectivity index (χ2n) is 12.9. The van der Waals surface area contributed by atoms with Crippen molar-refractivity contribution < 1.29 is 24.2 Å². The molecule has 0 bridgehead atoms. The number of anilines is 1. The van der Waals surface area contributed by atoms with Crippen molar-refractivity contribution in [1.82, 2.24) is 15.1 Å². The van der Waals surface area contributed by atoms with E-state index in [0.717, 1.165) is 75.2 Å². The second-order valence-corrected chi connectivity index (χ2v) is 12.9. The van der Waals surface area contributed by atoms with E-state index < -0.39 is 6.29 Å². The molecule has 0 radical (unpaired) electrons. The van der Waals surface area contributed by atoms with Gasteiger partial charge in [0.05, 0.1) is 18.8 Å². The van der Waals surface area contributed by atoms with Crippen LogP contribution in [0, 0.1) is 5.92 Å². The zero-order valence-electron chi connectivity index (χ0n) is 27.8. The second kappa shape index (κ2) is 17.5. The average molecular weight is 643 g/mol. The minimum Gasteiger partial charge on any atom is -0.392 e. The Bertz CT molecular complexity index is 1410. The number of aliphatic hydroxyl groups is 1. The molecule has 9 nitrogen and oxygen atoms in total. The number of nitrogens with zero attached hydrogens (tertiary/aromatic N) is 2. The first-order valence-electron chi connectivity index (χ1n) is 17.0. The minimum absolute atomic E-state index is 0.00154. The van der Waals surface area contributed by atoms with Crippen LogP contribution in [0.4, 0.5) is 5.69 Å². The van der Waals surface area contributed by atoms with Crippen molar-refractivity contribution in [3.8, 4) is 0 Å². The number of rotatable bonds is 14. The summed E-state index contributed by atoms with van der Waals surface area (Å²) in [5.41, 5.74) is 4.85. The molecular formula is C38H50N4O5. The van der Waals surface area contributed by atoms with Crippen LogP contribution in [0.3, 0.4) is 0 Å². The molecule has 0 aromatic heterocycles. The Balaban J connectivity index is 1.22. The average Bonchev–Trinajstić information content (AvgIpc) is 3.08. The van der Waals surface area contributed by atoms with E-state index in [1.54, 1.807) is 0 Å². The van der Waals surface area contributed by atoms with Crippen LogP contribution in [-0.2, 0) is 32.2 Å². The zero-order chi connectivity index (χ0) is 33.0. The maximum absolute atomic E-state index is 12.7. The van der Waals surface area contributed by atoms with Gasteiger partial charge in [0.2, 0.25) is 11.8 Å². The highest BCUT2D eigenvalue weighted by Crippen LogP contribution is 2.42. The Morgan fingerprint density at radius 2 is 1.57 bits per heavy atom. The molecule has 0 unspecified atom stereocenters. The largest absolute Gasteiger partial charge is 0.392 e. The van der Waals surface area contributed by atoms with E-state index in [1.807, 2.05) is 48.5 Å². The van der Waals surface area contributed by atoms with Gasteiger partial charge in [0.15, 0.2) is 6.29 Å². The van der Waals surface area contributed by atoms with Crippen LogP contribution in [0.5, 0.6) is 0 Å². The van der Waals surface area contributed by atoms with Gasteiger partial charge in [-0.05, 0) is 41.7 Å². The summed E-state index contributed by atoms with van der Waals surface area (Å²) >= 11 is 0. The molecule has 2 fully saturated rings. The van der Waals surface area contributed by atoms with Crippen LogP contribution in [0.25, 0.3) is 0 Å². The Labute approximate surface area is 279 Å². The van der Waals surface area contributed by atoms with Crippen molar-refractivity contribution in [3.05, 3.63) is 101 Å². The molecule has 9 heteroatoms. The number of hydrogen-bond acceptors (Lipinski definition) is 7. The van der Waals surface area contributed by atoms with Crippen LogP contribution in [0.15, 0.2) is 78.9 Å². The van der Waals surface area contributed by atoms with Crippen LogP contribution in [0.2, 0.25) is 0 Å². The Hall–Kier alpha value is -3.60. The van der Waals surface area contributed by atoms with Gasteiger partial charge in [-0.3, -0.25) is 19.4 Å². The standard InChI is InChI=1S/C38H50N4O5/c1-28-35(26-42-22-20-41(21-23-42)25-30-10-5-3-6-11-30)46-38(47-37(28)32-17-15-31(27-43)16-18-32)33-12-9-13-34(24-33)40-36(45)14-7-4-8-19-39-29(2)44/h3,5-6,9-13,15-18,24,28,35,37-38,43H,4,7-8,14,19-23,25-27H2,1-2H3,(H,39,44)(H,40,45)/t28-,35+,37+,38+/m1/s1. The normalized spacial score (nSPS) is 22.1. The van der Waals surface area contributed by atoms with E-state index in [1.165, 1.54) is 12.5 Å². The fraction of sp³-hybridized carbons (Fsp3) is 0.474. The smallest absolute Gasteiger partial charge is 0.224 e. The summed E-state index contributed by atoms with van der Waals surface area (Å²) in [7, 11) is 0. The predicted octanol–water partition coefficient (Wildman–Crippen LogP) is 5.42. The number of aliphatic hydroxyl groups excluding tert-OH is 1. The molecule has 3 aromatic carbocycles. The lowest BCUT2D eigenvalue weighted by molar-refractivity contribution is -0.276. The van der Waals surface area contributed by atoms with Gasteiger partial charge >= 0.3 is 0 Å². The van der Waals surface area contributed by atoms with Gasteiger partial charge < -0.3 is 25.2 Å². The number of carbonyl (C=O) groups is 2. The van der Waals surface area contributed by atoms with Crippen molar-refractivity contribution in [2.24, 2.45) is 5.92 Å². The number of nitrogens with one attached hydrogen (secondary N) is 2. The van der Waals surface area contributed by atoms with Gasteiger partial charge in [0, 0.05) is 76.3 Å². The number of carbonyl (C=O) groups excluding carboxylic acids is 2. The Kier molecular flexibility index (Phi) is 12.9. The molecule has 3 N–H and O–H groups in total. The first-order valence-corrected chi connectivity index (χ1v) is 17.0. The molecule has 4 atom stereocenters. The zero-order valence-corrected chi connectivity index (χ0v) is 27.8. The first-order chi connectivity index (χ1) is 22.9. The van der Waals surface area contributed by atoms with E-state index in [9.17, 15) is 14.7 Å². The fourth-order valence-corrected chi connectivity index (χ4v) is 6.39. The summed E-state index contributed by atoms with van der Waals surface area (Å²) in [6, 6.07) is 26.4. The van der Waals surface area contributed by atoms with Crippen LogP contribution in [0.1, 0.15) is 74.2 Å². The lowest BCUT2D eigenvalue weighted by atomic mass is 9.90. The Morgan fingerprint density at radius 3 is 2.30 bits per heavy atom. The maximum Gasteiger partial charge on any atom is 0.224 e. The predicted molar refractivity (Wildman–Crippen MR) is 183 cm³/mol. The van der Waals surface area contributed by atoms with Gasteiger partial charge in [0.1, 0.15) is 0 Å². The number of benzene rings is 3. The maximum atomic E-state index is 12.7. The van der Waals surface area contributed by atoms with Crippen molar-refractivity contribution >= 4 is 17.5 Å². The Morgan fingerprint density at radius 1 is 0.830 bits per heavy atom. The van der Waals surface area contributed by atoms with Crippen molar-refractivity contribution in [1.29, 1.82) is 0 Å². The van der Waals surface area contributed by atoms with E-state index in [2.05, 4.69) is 57.7 Å². The molecule has 0 aliphatic carbocycles. The van der Waals surface area contributed by atoms with Crippen molar-refractivity contribution in [2.45, 2.75) is 71.2 Å². The third kappa shape index (κ3) is 10.4. The quantitative estimate of drug-likeness (QED) is 0.202. The summed E-state index contributed by atoms with van der Waals surface area (Å²) < 4.78 is 13.4.